The van der Waals surface area contributed by atoms with Gasteiger partial charge in [0.2, 0.25) is 5.91 Å². The van der Waals surface area contributed by atoms with Crippen LogP contribution in [0.1, 0.15) is 30.9 Å². The molecule has 1 aliphatic rings. The molecule has 0 radical (unpaired) electrons. The molecule has 2 rings (SSSR count). The van der Waals surface area contributed by atoms with Crippen molar-refractivity contribution in [1.82, 2.24) is 10.3 Å². The molecule has 0 aliphatic carbocycles. The third kappa shape index (κ3) is 4.14. The molecule has 0 unspecified atom stereocenters. The number of rotatable bonds is 6. The maximum absolute atomic E-state index is 12.1. The maximum atomic E-state index is 12.1. The summed E-state index contributed by atoms with van der Waals surface area (Å²) < 4.78 is 5.43. The maximum Gasteiger partial charge on any atom is 0.267 e. The van der Waals surface area contributed by atoms with Crippen LogP contribution in [0.5, 0.6) is 0 Å². The lowest BCUT2D eigenvalue weighted by Crippen LogP contribution is -2.37. The van der Waals surface area contributed by atoms with E-state index in [0.717, 1.165) is 11.1 Å². The minimum atomic E-state index is -0.231. The summed E-state index contributed by atoms with van der Waals surface area (Å²) in [5.74, 6) is -0.302. The van der Waals surface area contributed by atoms with E-state index < -0.39 is 0 Å². The molecule has 118 valence electrons. The first kappa shape index (κ1) is 16.2. The molecule has 22 heavy (non-hydrogen) atoms. The molecule has 0 atom stereocenters. The number of carbonyl (C=O) groups is 2. The quantitative estimate of drug-likeness (QED) is 0.864. The van der Waals surface area contributed by atoms with Crippen molar-refractivity contribution in [2.45, 2.75) is 32.9 Å². The highest BCUT2D eigenvalue weighted by molar-refractivity contribution is 6.39. The fraction of sp³-hybridized carbons (Fsp3) is 0.438. The molecule has 1 aliphatic heterocycles. The van der Waals surface area contributed by atoms with Crippen molar-refractivity contribution in [2.75, 3.05) is 13.7 Å². The Bertz CT molecular complexity index is 584. The van der Waals surface area contributed by atoms with Crippen molar-refractivity contribution in [3.8, 4) is 0 Å². The molecule has 1 aromatic rings. The first-order valence-electron chi connectivity index (χ1n) is 7.38. The molecule has 0 fully saturated rings. The minimum Gasteiger partial charge on any atom is -0.377 e. The van der Waals surface area contributed by atoms with Crippen molar-refractivity contribution in [3.63, 3.8) is 0 Å². The van der Waals surface area contributed by atoms with Gasteiger partial charge in [-0.1, -0.05) is 24.3 Å². The van der Waals surface area contributed by atoms with Crippen molar-refractivity contribution in [2.24, 2.45) is 5.10 Å². The summed E-state index contributed by atoms with van der Waals surface area (Å²) in [4.78, 5) is 23.5. The molecule has 0 aromatic heterocycles. The van der Waals surface area contributed by atoms with Gasteiger partial charge >= 0.3 is 0 Å². The monoisotopic (exact) mass is 303 g/mol. The van der Waals surface area contributed by atoms with Gasteiger partial charge in [-0.15, -0.1) is 0 Å². The Morgan fingerprint density at radius 3 is 2.73 bits per heavy atom. The van der Waals surface area contributed by atoms with Crippen LogP contribution in [0.15, 0.2) is 29.4 Å². The molecular weight excluding hydrogens is 282 g/mol. The first-order valence-corrected chi connectivity index (χ1v) is 7.38. The topological polar surface area (TPSA) is 71.0 Å². The number of amides is 2. The summed E-state index contributed by atoms with van der Waals surface area (Å²) in [6, 6.07) is 7.83. The van der Waals surface area contributed by atoms with E-state index >= 15 is 0 Å². The van der Waals surface area contributed by atoms with Gasteiger partial charge in [0.15, 0.2) is 0 Å². The molecule has 2 amide bonds. The standard InChI is InChI=1S/C16H21N3O3/c1-3-22-11-13-7-5-4-6-12(13)10-17-16(21)14-8-9-15(20)19(2)18-14/h4-7H,3,8-11H2,1-2H3,(H,17,21). The zero-order valence-corrected chi connectivity index (χ0v) is 13.0. The average molecular weight is 303 g/mol. The van der Waals surface area contributed by atoms with E-state index in [9.17, 15) is 9.59 Å². The second kappa shape index (κ2) is 7.70. The van der Waals surface area contributed by atoms with Crippen LogP contribution in [0.3, 0.4) is 0 Å². The van der Waals surface area contributed by atoms with Crippen molar-refractivity contribution in [1.29, 1.82) is 0 Å². The summed E-state index contributed by atoms with van der Waals surface area (Å²) in [6.07, 6.45) is 0.708. The third-order valence-electron chi connectivity index (χ3n) is 3.49. The molecule has 0 saturated carbocycles. The van der Waals surface area contributed by atoms with E-state index in [4.69, 9.17) is 4.74 Å². The van der Waals surface area contributed by atoms with Gasteiger partial charge in [0.25, 0.3) is 5.91 Å². The lowest BCUT2D eigenvalue weighted by Gasteiger charge is -2.19. The van der Waals surface area contributed by atoms with Crippen molar-refractivity contribution >= 4 is 17.5 Å². The third-order valence-corrected chi connectivity index (χ3v) is 3.49. The number of hydrogen-bond donors (Lipinski definition) is 1. The summed E-state index contributed by atoms with van der Waals surface area (Å²) in [6.45, 7) is 3.54. The SMILES string of the molecule is CCOCc1ccccc1CNC(=O)C1=NN(C)C(=O)CC1. The smallest absolute Gasteiger partial charge is 0.267 e. The minimum absolute atomic E-state index is 0.0707. The summed E-state index contributed by atoms with van der Waals surface area (Å²) in [5, 5.41) is 8.09. The van der Waals surface area contributed by atoms with Gasteiger partial charge in [-0.05, 0) is 18.1 Å². The largest absolute Gasteiger partial charge is 0.377 e. The fourth-order valence-corrected chi connectivity index (χ4v) is 2.19. The van der Waals surface area contributed by atoms with E-state index in [-0.39, 0.29) is 11.8 Å². The Morgan fingerprint density at radius 2 is 2.05 bits per heavy atom. The molecule has 6 nitrogen and oxygen atoms in total. The Balaban J connectivity index is 1.97. The number of carbonyl (C=O) groups excluding carboxylic acids is 2. The Hall–Kier alpha value is -2.21. The van der Waals surface area contributed by atoms with E-state index in [1.807, 2.05) is 31.2 Å². The van der Waals surface area contributed by atoms with Crippen LogP contribution in [0.2, 0.25) is 0 Å². The van der Waals surface area contributed by atoms with Crippen LogP contribution in [-0.4, -0.2) is 36.2 Å². The van der Waals surface area contributed by atoms with Gasteiger partial charge in [-0.25, -0.2) is 5.01 Å². The molecular formula is C16H21N3O3. The van der Waals surface area contributed by atoms with Gasteiger partial charge < -0.3 is 10.1 Å². The lowest BCUT2D eigenvalue weighted by atomic mass is 10.1. The number of nitrogens with zero attached hydrogens (tertiary/aromatic N) is 2. The van der Waals surface area contributed by atoms with E-state index in [2.05, 4.69) is 10.4 Å². The number of hydrazone groups is 1. The number of nitrogens with one attached hydrogen (secondary N) is 1. The van der Waals surface area contributed by atoms with E-state index in [1.54, 1.807) is 7.05 Å². The van der Waals surface area contributed by atoms with Gasteiger partial charge in [-0.2, -0.15) is 5.10 Å². The Morgan fingerprint density at radius 1 is 1.32 bits per heavy atom. The summed E-state index contributed by atoms with van der Waals surface area (Å²) in [7, 11) is 1.56. The van der Waals surface area contributed by atoms with Crippen LogP contribution in [-0.2, 0) is 27.5 Å². The second-order valence-electron chi connectivity index (χ2n) is 5.05. The number of benzene rings is 1. The highest BCUT2D eigenvalue weighted by Gasteiger charge is 2.21. The predicted molar refractivity (Wildman–Crippen MR) is 83.1 cm³/mol. The molecule has 0 saturated heterocycles. The summed E-state index contributed by atoms with van der Waals surface area (Å²) >= 11 is 0. The Kier molecular flexibility index (Phi) is 5.66. The number of hydrogen-bond acceptors (Lipinski definition) is 4. The van der Waals surface area contributed by atoms with Crippen LogP contribution in [0, 0.1) is 0 Å². The van der Waals surface area contributed by atoms with Gasteiger partial charge in [0, 0.05) is 33.0 Å². The van der Waals surface area contributed by atoms with Crippen LogP contribution in [0.25, 0.3) is 0 Å². The fourth-order valence-electron chi connectivity index (χ4n) is 2.19. The van der Waals surface area contributed by atoms with Gasteiger partial charge in [0.1, 0.15) is 5.71 Å². The lowest BCUT2D eigenvalue weighted by molar-refractivity contribution is -0.130. The van der Waals surface area contributed by atoms with Crippen molar-refractivity contribution in [3.05, 3.63) is 35.4 Å². The van der Waals surface area contributed by atoms with E-state index in [1.165, 1.54) is 5.01 Å². The predicted octanol–water partition coefficient (Wildman–Crippen LogP) is 1.45. The molecule has 0 bridgehead atoms. The highest BCUT2D eigenvalue weighted by atomic mass is 16.5. The average Bonchev–Trinajstić information content (AvgIpc) is 2.54. The van der Waals surface area contributed by atoms with E-state index in [0.29, 0.717) is 38.3 Å². The normalized spacial score (nSPS) is 14.7. The highest BCUT2D eigenvalue weighted by Crippen LogP contribution is 2.11. The van der Waals surface area contributed by atoms with Crippen LogP contribution >= 0.6 is 0 Å². The summed E-state index contributed by atoms with van der Waals surface area (Å²) in [5.41, 5.74) is 2.47. The van der Waals surface area contributed by atoms with Crippen molar-refractivity contribution < 1.29 is 14.3 Å². The first-order chi connectivity index (χ1) is 10.6. The zero-order chi connectivity index (χ0) is 15.9. The molecule has 1 aromatic carbocycles. The zero-order valence-electron chi connectivity index (χ0n) is 13.0. The van der Waals surface area contributed by atoms with Gasteiger partial charge in [0.05, 0.1) is 6.61 Å². The second-order valence-corrected chi connectivity index (χ2v) is 5.05. The molecule has 6 heteroatoms. The number of ether oxygens (including phenoxy) is 1. The van der Waals surface area contributed by atoms with Gasteiger partial charge in [-0.3, -0.25) is 9.59 Å². The van der Waals surface area contributed by atoms with Crippen LogP contribution < -0.4 is 5.32 Å². The molecule has 1 heterocycles. The van der Waals surface area contributed by atoms with Crippen LogP contribution in [0.4, 0.5) is 0 Å². The molecule has 0 spiro atoms. The molecule has 1 N–H and O–H groups in total. The Labute approximate surface area is 130 Å².